The average Bonchev–Trinajstić information content (AvgIpc) is 3.42. The van der Waals surface area contributed by atoms with Crippen LogP contribution in [0.2, 0.25) is 5.02 Å². The standard InChI is InChI=1S/C20H15ClN4O4/c21-14-5-3-13(4-6-14)15-7-8-19(26)25(23-15)10-9-22-20(27)16-12-18(29-24-16)17-2-1-11-28-17/h1-8,11-12H,9-10H2,(H,22,27). The van der Waals surface area contributed by atoms with Gasteiger partial charge in [0.1, 0.15) is 0 Å². The maximum atomic E-state index is 12.2. The van der Waals surface area contributed by atoms with E-state index in [0.717, 1.165) is 5.56 Å². The highest BCUT2D eigenvalue weighted by Crippen LogP contribution is 2.20. The van der Waals surface area contributed by atoms with Gasteiger partial charge in [0.2, 0.25) is 5.76 Å². The van der Waals surface area contributed by atoms with E-state index >= 15 is 0 Å². The molecule has 146 valence electrons. The Hall–Kier alpha value is -3.65. The Morgan fingerprint density at radius 1 is 1.10 bits per heavy atom. The fourth-order valence-corrected chi connectivity index (χ4v) is 2.79. The first-order valence-corrected chi connectivity index (χ1v) is 9.11. The number of carbonyl (C=O) groups excluding carboxylic acids is 1. The summed E-state index contributed by atoms with van der Waals surface area (Å²) in [6.07, 6.45) is 1.50. The van der Waals surface area contributed by atoms with Gasteiger partial charge in [-0.05, 0) is 30.3 Å². The van der Waals surface area contributed by atoms with E-state index in [1.165, 1.54) is 23.1 Å². The highest BCUT2D eigenvalue weighted by atomic mass is 35.5. The van der Waals surface area contributed by atoms with E-state index < -0.39 is 5.91 Å². The van der Waals surface area contributed by atoms with Gasteiger partial charge in [0.05, 0.1) is 18.5 Å². The van der Waals surface area contributed by atoms with Crippen molar-refractivity contribution >= 4 is 17.5 Å². The molecule has 0 saturated heterocycles. The monoisotopic (exact) mass is 410 g/mol. The first kappa shape index (κ1) is 18.7. The van der Waals surface area contributed by atoms with Gasteiger partial charge in [0.25, 0.3) is 11.5 Å². The van der Waals surface area contributed by atoms with Crippen LogP contribution in [0.25, 0.3) is 22.8 Å². The average molecular weight is 411 g/mol. The van der Waals surface area contributed by atoms with Crippen molar-refractivity contribution in [2.45, 2.75) is 6.54 Å². The number of benzene rings is 1. The van der Waals surface area contributed by atoms with Gasteiger partial charge in [-0.2, -0.15) is 5.10 Å². The molecule has 3 aromatic heterocycles. The second-order valence-corrected chi connectivity index (χ2v) is 6.53. The van der Waals surface area contributed by atoms with Crippen LogP contribution in [-0.2, 0) is 6.54 Å². The fraction of sp³-hybridized carbons (Fsp3) is 0.100. The SMILES string of the molecule is O=C(NCCn1nc(-c2ccc(Cl)cc2)ccc1=O)c1cc(-c2ccco2)on1. The van der Waals surface area contributed by atoms with Crippen LogP contribution in [-0.4, -0.2) is 27.4 Å². The van der Waals surface area contributed by atoms with E-state index in [1.807, 2.05) is 12.1 Å². The highest BCUT2D eigenvalue weighted by Gasteiger charge is 2.15. The first-order valence-electron chi connectivity index (χ1n) is 8.73. The molecule has 4 rings (SSSR count). The van der Waals surface area contributed by atoms with Crippen molar-refractivity contribution in [1.29, 1.82) is 0 Å². The molecule has 3 heterocycles. The van der Waals surface area contributed by atoms with E-state index in [1.54, 1.807) is 30.3 Å². The molecular weight excluding hydrogens is 396 g/mol. The molecule has 0 aliphatic rings. The molecule has 0 aliphatic carbocycles. The van der Waals surface area contributed by atoms with E-state index in [0.29, 0.717) is 22.2 Å². The van der Waals surface area contributed by atoms with E-state index in [-0.39, 0.29) is 24.3 Å². The normalized spacial score (nSPS) is 10.8. The minimum Gasteiger partial charge on any atom is -0.461 e. The predicted molar refractivity (Wildman–Crippen MR) is 105 cm³/mol. The summed E-state index contributed by atoms with van der Waals surface area (Å²) >= 11 is 5.90. The van der Waals surface area contributed by atoms with Gasteiger partial charge in [0, 0.05) is 29.3 Å². The van der Waals surface area contributed by atoms with Gasteiger partial charge in [-0.25, -0.2) is 4.68 Å². The lowest BCUT2D eigenvalue weighted by Gasteiger charge is -2.08. The number of carbonyl (C=O) groups is 1. The van der Waals surface area contributed by atoms with Crippen molar-refractivity contribution in [3.63, 3.8) is 0 Å². The lowest BCUT2D eigenvalue weighted by atomic mass is 10.1. The molecule has 1 aromatic carbocycles. The summed E-state index contributed by atoms with van der Waals surface area (Å²) in [5, 5.41) is 11.4. The Balaban J connectivity index is 1.40. The Kier molecular flexibility index (Phi) is 5.26. The summed E-state index contributed by atoms with van der Waals surface area (Å²) in [6.45, 7) is 0.396. The number of nitrogens with zero attached hydrogens (tertiary/aromatic N) is 3. The molecule has 0 unspecified atom stereocenters. The molecule has 0 saturated carbocycles. The van der Waals surface area contributed by atoms with E-state index in [2.05, 4.69) is 15.6 Å². The summed E-state index contributed by atoms with van der Waals surface area (Å²) in [6, 6.07) is 15.1. The van der Waals surface area contributed by atoms with Crippen LogP contribution in [0.1, 0.15) is 10.5 Å². The van der Waals surface area contributed by atoms with Crippen LogP contribution in [0.3, 0.4) is 0 Å². The quantitative estimate of drug-likeness (QED) is 0.523. The number of halogens is 1. The van der Waals surface area contributed by atoms with Crippen molar-refractivity contribution in [2.75, 3.05) is 6.54 Å². The zero-order valence-electron chi connectivity index (χ0n) is 15.0. The molecule has 1 N–H and O–H groups in total. The van der Waals surface area contributed by atoms with E-state index in [4.69, 9.17) is 20.5 Å². The molecule has 0 atom stereocenters. The molecule has 29 heavy (non-hydrogen) atoms. The zero-order valence-corrected chi connectivity index (χ0v) is 15.8. The summed E-state index contributed by atoms with van der Waals surface area (Å²) in [5.41, 5.74) is 1.32. The molecule has 0 fully saturated rings. The molecule has 0 spiro atoms. The number of nitrogens with one attached hydrogen (secondary N) is 1. The number of rotatable bonds is 6. The first-order chi connectivity index (χ1) is 14.1. The summed E-state index contributed by atoms with van der Waals surface area (Å²) in [5.74, 6) is 0.411. The largest absolute Gasteiger partial charge is 0.461 e. The lowest BCUT2D eigenvalue weighted by Crippen LogP contribution is -2.32. The second-order valence-electron chi connectivity index (χ2n) is 6.10. The maximum absolute atomic E-state index is 12.2. The van der Waals surface area contributed by atoms with Crippen LogP contribution in [0.15, 0.2) is 74.6 Å². The van der Waals surface area contributed by atoms with Gasteiger partial charge in [-0.15, -0.1) is 0 Å². The van der Waals surface area contributed by atoms with Gasteiger partial charge < -0.3 is 14.3 Å². The third-order valence-corrected chi connectivity index (χ3v) is 4.37. The van der Waals surface area contributed by atoms with Gasteiger partial charge in [-0.3, -0.25) is 9.59 Å². The third-order valence-electron chi connectivity index (χ3n) is 4.12. The number of hydrogen-bond donors (Lipinski definition) is 1. The molecule has 0 bridgehead atoms. The molecule has 0 aliphatic heterocycles. The second kappa shape index (κ2) is 8.15. The Bertz CT molecular complexity index is 1180. The molecule has 0 radical (unpaired) electrons. The van der Waals surface area contributed by atoms with Crippen LogP contribution >= 0.6 is 11.6 Å². The van der Waals surface area contributed by atoms with Crippen molar-refractivity contribution in [1.82, 2.24) is 20.3 Å². The van der Waals surface area contributed by atoms with Gasteiger partial charge in [0.15, 0.2) is 11.5 Å². The number of aromatic nitrogens is 3. The predicted octanol–water partition coefficient (Wildman–Crippen LogP) is 3.24. The van der Waals surface area contributed by atoms with Gasteiger partial charge in [-0.1, -0.05) is 28.9 Å². The topological polar surface area (TPSA) is 103 Å². The number of furan rings is 1. The fourth-order valence-electron chi connectivity index (χ4n) is 2.67. The minimum atomic E-state index is -0.423. The van der Waals surface area contributed by atoms with Crippen LogP contribution in [0.5, 0.6) is 0 Å². The van der Waals surface area contributed by atoms with Gasteiger partial charge >= 0.3 is 0 Å². The lowest BCUT2D eigenvalue weighted by molar-refractivity contribution is 0.0942. The highest BCUT2D eigenvalue weighted by molar-refractivity contribution is 6.30. The van der Waals surface area contributed by atoms with E-state index in [9.17, 15) is 9.59 Å². The zero-order chi connectivity index (χ0) is 20.2. The van der Waals surface area contributed by atoms with Crippen LogP contribution < -0.4 is 10.9 Å². The molecule has 8 nitrogen and oxygen atoms in total. The van der Waals surface area contributed by atoms with Crippen molar-refractivity contribution < 1.29 is 13.7 Å². The minimum absolute atomic E-state index is 0.117. The Labute approximate surface area is 169 Å². The third kappa shape index (κ3) is 4.27. The molecule has 4 aromatic rings. The van der Waals surface area contributed by atoms with Crippen molar-refractivity contribution in [2.24, 2.45) is 0 Å². The summed E-state index contributed by atoms with van der Waals surface area (Å²) in [4.78, 5) is 24.3. The molecule has 1 amide bonds. The van der Waals surface area contributed by atoms with Crippen molar-refractivity contribution in [3.8, 4) is 22.8 Å². The summed E-state index contributed by atoms with van der Waals surface area (Å²) < 4.78 is 11.6. The van der Waals surface area contributed by atoms with Crippen LogP contribution in [0.4, 0.5) is 0 Å². The molecular formula is C20H15ClN4O4. The van der Waals surface area contributed by atoms with Crippen molar-refractivity contribution in [3.05, 3.63) is 81.9 Å². The Morgan fingerprint density at radius 3 is 2.69 bits per heavy atom. The number of amides is 1. The van der Waals surface area contributed by atoms with Crippen LogP contribution in [0, 0.1) is 0 Å². The Morgan fingerprint density at radius 2 is 1.93 bits per heavy atom. The smallest absolute Gasteiger partial charge is 0.273 e. The number of hydrogen-bond acceptors (Lipinski definition) is 6. The maximum Gasteiger partial charge on any atom is 0.273 e. The molecule has 9 heteroatoms. The summed E-state index contributed by atoms with van der Waals surface area (Å²) in [7, 11) is 0.